The molecule has 0 saturated carbocycles. The van der Waals surface area contributed by atoms with E-state index in [2.05, 4.69) is 27.2 Å². The summed E-state index contributed by atoms with van der Waals surface area (Å²) in [5.74, 6) is -0.435. The first-order chi connectivity index (χ1) is 13.0. The summed E-state index contributed by atoms with van der Waals surface area (Å²) >= 11 is 7.34. The quantitative estimate of drug-likeness (QED) is 0.647. The van der Waals surface area contributed by atoms with Crippen molar-refractivity contribution in [1.29, 1.82) is 0 Å². The first-order valence-corrected chi connectivity index (χ1v) is 10.3. The van der Waals surface area contributed by atoms with Gasteiger partial charge in [0.15, 0.2) is 5.17 Å². The Kier molecular flexibility index (Phi) is 6.79. The van der Waals surface area contributed by atoms with Crippen LogP contribution in [0.15, 0.2) is 35.1 Å². The number of rotatable bonds is 5. The number of hydrogen-bond donors (Lipinski definition) is 3. The summed E-state index contributed by atoms with van der Waals surface area (Å²) in [6, 6.07) is 5.33. The van der Waals surface area contributed by atoms with Gasteiger partial charge in [0.2, 0.25) is 11.8 Å². The number of hydrogen-bond acceptors (Lipinski definition) is 5. The summed E-state index contributed by atoms with van der Waals surface area (Å²) in [4.78, 5) is 24.4. The van der Waals surface area contributed by atoms with Crippen LogP contribution in [-0.4, -0.2) is 22.2 Å². The smallest absolute Gasteiger partial charge is 0.240 e. The third-order valence-corrected chi connectivity index (χ3v) is 5.93. The van der Waals surface area contributed by atoms with E-state index in [1.54, 1.807) is 12.1 Å². The molecule has 3 rings (SSSR count). The van der Waals surface area contributed by atoms with Crippen LogP contribution >= 0.6 is 23.4 Å². The van der Waals surface area contributed by atoms with E-state index in [0.717, 1.165) is 30.5 Å². The molecular weight excluding hydrogens is 384 g/mol. The van der Waals surface area contributed by atoms with Gasteiger partial charge >= 0.3 is 0 Å². The molecule has 144 valence electrons. The lowest BCUT2D eigenvalue weighted by atomic mass is 10.2. The maximum absolute atomic E-state index is 12.2. The highest BCUT2D eigenvalue weighted by molar-refractivity contribution is 8.15. The number of benzene rings is 1. The topological polar surface area (TPSA) is 82.6 Å². The summed E-state index contributed by atoms with van der Waals surface area (Å²) in [7, 11) is 0. The summed E-state index contributed by atoms with van der Waals surface area (Å²) in [6.07, 6.45) is 7.84. The molecule has 0 bridgehead atoms. The number of carbonyl (C=O) groups is 2. The van der Waals surface area contributed by atoms with Gasteiger partial charge in [0.05, 0.1) is 0 Å². The highest BCUT2D eigenvalue weighted by Gasteiger charge is 2.32. The van der Waals surface area contributed by atoms with Crippen LogP contribution in [0.1, 0.15) is 44.1 Å². The molecule has 27 heavy (non-hydrogen) atoms. The molecule has 0 unspecified atom stereocenters. The van der Waals surface area contributed by atoms with Crippen molar-refractivity contribution >= 4 is 46.0 Å². The molecule has 0 aromatic heterocycles. The molecular formula is C19H23ClN4O2S. The number of amides is 2. The lowest BCUT2D eigenvalue weighted by Crippen LogP contribution is -2.28. The van der Waals surface area contributed by atoms with E-state index in [1.807, 2.05) is 13.0 Å². The van der Waals surface area contributed by atoms with Gasteiger partial charge in [-0.15, -0.1) is 0 Å². The summed E-state index contributed by atoms with van der Waals surface area (Å²) < 4.78 is 0. The average molecular weight is 407 g/mol. The molecule has 1 fully saturated rings. The number of anilines is 1. The summed E-state index contributed by atoms with van der Waals surface area (Å²) in [5.41, 5.74) is 5.70. The van der Waals surface area contributed by atoms with Crippen molar-refractivity contribution in [3.8, 4) is 0 Å². The Labute approximate surface area is 168 Å². The molecule has 0 spiro atoms. The molecule has 2 aliphatic rings. The molecule has 6 nitrogen and oxygen atoms in total. The molecule has 1 atom stereocenters. The Morgan fingerprint density at radius 3 is 3.04 bits per heavy atom. The number of allylic oxidation sites excluding steroid dienone is 2. The molecule has 1 aliphatic carbocycles. The van der Waals surface area contributed by atoms with Crippen LogP contribution in [0.3, 0.4) is 0 Å². The van der Waals surface area contributed by atoms with Gasteiger partial charge in [-0.05, 0) is 50.3 Å². The van der Waals surface area contributed by atoms with Crippen molar-refractivity contribution in [2.24, 2.45) is 5.10 Å². The lowest BCUT2D eigenvalue weighted by Gasteiger charge is -2.08. The molecule has 3 N–H and O–H groups in total. The van der Waals surface area contributed by atoms with Crippen molar-refractivity contribution in [3.05, 3.63) is 40.6 Å². The van der Waals surface area contributed by atoms with Crippen LogP contribution in [0.4, 0.5) is 5.69 Å². The van der Waals surface area contributed by atoms with E-state index in [1.165, 1.54) is 24.6 Å². The highest BCUT2D eigenvalue weighted by atomic mass is 35.5. The molecule has 0 radical (unpaired) electrons. The van der Waals surface area contributed by atoms with Gasteiger partial charge in [-0.25, -0.2) is 0 Å². The number of nitrogens with zero attached hydrogens (tertiary/aromatic N) is 1. The number of carbonyl (C=O) groups excluding carboxylic acids is 2. The lowest BCUT2D eigenvalue weighted by molar-refractivity contribution is -0.122. The molecule has 1 heterocycles. The second-order valence-electron chi connectivity index (χ2n) is 6.67. The van der Waals surface area contributed by atoms with Gasteiger partial charge in [-0.2, -0.15) is 5.10 Å². The normalized spacial score (nSPS) is 21.4. The standard InChI is InChI=1S/C19H23ClN4O2S/c1-12-8-9-14(10-15(12)20)21-17(25)11-16-18(26)22-19(27-16)24-23-13-6-4-2-3-5-7-13/h6,8-10,16,23H,2-5,7,11H2,1H3,(H,21,25)(H,22,24,26)/t16-/m0/s1. The van der Waals surface area contributed by atoms with Crippen LogP contribution in [0.2, 0.25) is 5.02 Å². The third kappa shape index (κ3) is 5.74. The fourth-order valence-corrected chi connectivity index (χ4v) is 3.99. The van der Waals surface area contributed by atoms with Gasteiger partial charge in [0.1, 0.15) is 5.25 Å². The zero-order chi connectivity index (χ0) is 19.2. The summed E-state index contributed by atoms with van der Waals surface area (Å²) in [5, 5.41) is 10.4. The number of halogens is 1. The van der Waals surface area contributed by atoms with Gasteiger partial charge < -0.3 is 10.6 Å². The van der Waals surface area contributed by atoms with E-state index in [4.69, 9.17) is 11.6 Å². The minimum absolute atomic E-state index is 0.0731. The largest absolute Gasteiger partial charge is 0.326 e. The van der Waals surface area contributed by atoms with Crippen LogP contribution < -0.4 is 16.1 Å². The highest BCUT2D eigenvalue weighted by Crippen LogP contribution is 2.24. The van der Waals surface area contributed by atoms with E-state index < -0.39 is 5.25 Å². The van der Waals surface area contributed by atoms with E-state index >= 15 is 0 Å². The molecule has 1 aromatic carbocycles. The Bertz CT molecular complexity index is 794. The SMILES string of the molecule is Cc1ccc(NC(=O)C[C@@H]2S/C(=N\NC3=CCCCCC3)NC2=O)cc1Cl. The van der Waals surface area contributed by atoms with Gasteiger partial charge in [0.25, 0.3) is 0 Å². The summed E-state index contributed by atoms with van der Waals surface area (Å²) in [6.45, 7) is 1.90. The van der Waals surface area contributed by atoms with Gasteiger partial charge in [-0.1, -0.05) is 41.9 Å². The first kappa shape index (κ1) is 19.8. The fourth-order valence-electron chi connectivity index (χ4n) is 2.88. The minimum Gasteiger partial charge on any atom is -0.326 e. The van der Waals surface area contributed by atoms with Gasteiger partial charge in [0, 0.05) is 22.8 Å². The molecule has 2 amide bonds. The predicted octanol–water partition coefficient (Wildman–Crippen LogP) is 3.92. The number of hydrazone groups is 1. The maximum atomic E-state index is 12.2. The number of aryl methyl sites for hydroxylation is 1. The van der Waals surface area contributed by atoms with Crippen molar-refractivity contribution in [1.82, 2.24) is 10.7 Å². The van der Waals surface area contributed by atoms with Crippen molar-refractivity contribution < 1.29 is 9.59 Å². The van der Waals surface area contributed by atoms with Crippen molar-refractivity contribution in [2.45, 2.75) is 50.7 Å². The Morgan fingerprint density at radius 1 is 1.37 bits per heavy atom. The van der Waals surface area contributed by atoms with E-state index in [-0.39, 0.29) is 18.2 Å². The zero-order valence-corrected chi connectivity index (χ0v) is 16.8. The first-order valence-electron chi connectivity index (χ1n) is 9.07. The number of nitrogens with one attached hydrogen (secondary N) is 3. The fraction of sp³-hybridized carbons (Fsp3) is 0.421. The van der Waals surface area contributed by atoms with Gasteiger partial charge in [-0.3, -0.25) is 15.0 Å². The van der Waals surface area contributed by atoms with E-state index in [9.17, 15) is 9.59 Å². The van der Waals surface area contributed by atoms with Crippen LogP contribution in [0, 0.1) is 6.92 Å². The van der Waals surface area contributed by atoms with Crippen molar-refractivity contribution in [3.63, 3.8) is 0 Å². The Balaban J connectivity index is 1.52. The van der Waals surface area contributed by atoms with Crippen LogP contribution in [0.5, 0.6) is 0 Å². The number of thioether (sulfide) groups is 1. The molecule has 1 saturated heterocycles. The Morgan fingerprint density at radius 2 is 2.22 bits per heavy atom. The van der Waals surface area contributed by atoms with E-state index in [0.29, 0.717) is 15.9 Å². The second kappa shape index (κ2) is 9.28. The second-order valence-corrected chi connectivity index (χ2v) is 8.27. The minimum atomic E-state index is -0.491. The average Bonchev–Trinajstić information content (AvgIpc) is 2.83. The predicted molar refractivity (Wildman–Crippen MR) is 111 cm³/mol. The van der Waals surface area contributed by atoms with Crippen molar-refractivity contribution in [2.75, 3.05) is 5.32 Å². The Hall–Kier alpha value is -1.99. The molecule has 8 heteroatoms. The zero-order valence-electron chi connectivity index (χ0n) is 15.2. The van der Waals surface area contributed by atoms with Crippen LogP contribution in [0.25, 0.3) is 0 Å². The molecule has 1 aromatic rings. The third-order valence-electron chi connectivity index (χ3n) is 4.44. The number of amidine groups is 1. The van der Waals surface area contributed by atoms with Crippen LogP contribution in [-0.2, 0) is 9.59 Å². The monoisotopic (exact) mass is 406 g/mol. The molecule has 1 aliphatic heterocycles. The maximum Gasteiger partial charge on any atom is 0.240 e.